The molecule has 1 aromatic rings. The number of anilines is 2. The molecule has 0 unspecified atom stereocenters. The monoisotopic (exact) mass is 235 g/mol. The summed E-state index contributed by atoms with van der Waals surface area (Å²) in [5.74, 6) is 1.38. The highest BCUT2D eigenvalue weighted by atomic mass is 16.5. The molecule has 2 rings (SSSR count). The van der Waals surface area contributed by atoms with E-state index in [1.165, 1.54) is 25.7 Å². The number of hydrogen-bond donors (Lipinski definition) is 2. The molecule has 1 aromatic heterocycles. The lowest BCUT2D eigenvalue weighted by Crippen LogP contribution is -2.31. The van der Waals surface area contributed by atoms with Gasteiger partial charge in [-0.15, -0.1) is 0 Å². The van der Waals surface area contributed by atoms with E-state index in [1.807, 2.05) is 19.1 Å². The van der Waals surface area contributed by atoms with E-state index in [0.717, 1.165) is 5.82 Å². The smallest absolute Gasteiger partial charge is 0.239 e. The molecule has 3 N–H and O–H groups in total. The molecule has 1 saturated carbocycles. The van der Waals surface area contributed by atoms with E-state index in [-0.39, 0.29) is 5.54 Å². The van der Waals surface area contributed by atoms with E-state index in [2.05, 4.69) is 17.2 Å². The van der Waals surface area contributed by atoms with Gasteiger partial charge in [0.1, 0.15) is 5.82 Å². The molecule has 0 spiro atoms. The zero-order valence-corrected chi connectivity index (χ0v) is 10.6. The topological polar surface area (TPSA) is 60.2 Å². The summed E-state index contributed by atoms with van der Waals surface area (Å²) in [5.41, 5.74) is 6.57. The minimum atomic E-state index is 0.173. The fourth-order valence-corrected chi connectivity index (χ4v) is 2.36. The van der Waals surface area contributed by atoms with E-state index in [1.54, 1.807) is 0 Å². The second-order valence-electron chi connectivity index (χ2n) is 4.92. The van der Waals surface area contributed by atoms with Gasteiger partial charge in [-0.25, -0.2) is 0 Å². The van der Waals surface area contributed by atoms with Gasteiger partial charge in [0.15, 0.2) is 0 Å². The van der Waals surface area contributed by atoms with Crippen molar-refractivity contribution in [2.75, 3.05) is 17.7 Å². The Balaban J connectivity index is 2.13. The SMILES string of the molecule is CCOc1nc(NC2(C)CCCC2)ccc1N. The maximum Gasteiger partial charge on any atom is 0.239 e. The van der Waals surface area contributed by atoms with Crippen LogP contribution in [0.15, 0.2) is 12.1 Å². The van der Waals surface area contributed by atoms with Crippen LogP contribution >= 0.6 is 0 Å². The zero-order valence-electron chi connectivity index (χ0n) is 10.6. The normalized spacial score (nSPS) is 18.0. The summed E-state index contributed by atoms with van der Waals surface area (Å²) < 4.78 is 5.40. The van der Waals surface area contributed by atoms with Crippen molar-refractivity contribution < 1.29 is 4.74 Å². The molecule has 4 nitrogen and oxygen atoms in total. The van der Waals surface area contributed by atoms with Crippen LogP contribution in [0.2, 0.25) is 0 Å². The number of aromatic nitrogens is 1. The molecule has 0 saturated heterocycles. The summed E-state index contributed by atoms with van der Waals surface area (Å²) in [6.07, 6.45) is 4.97. The minimum absolute atomic E-state index is 0.173. The van der Waals surface area contributed by atoms with Gasteiger partial charge in [-0.1, -0.05) is 12.8 Å². The van der Waals surface area contributed by atoms with Gasteiger partial charge in [-0.3, -0.25) is 0 Å². The van der Waals surface area contributed by atoms with Crippen LogP contribution < -0.4 is 15.8 Å². The zero-order chi connectivity index (χ0) is 12.3. The van der Waals surface area contributed by atoms with Crippen LogP contribution in [-0.2, 0) is 0 Å². The maximum atomic E-state index is 5.80. The summed E-state index contributed by atoms with van der Waals surface area (Å²) in [6, 6.07) is 3.76. The number of pyridine rings is 1. The van der Waals surface area contributed by atoms with Crippen molar-refractivity contribution in [3.05, 3.63) is 12.1 Å². The lowest BCUT2D eigenvalue weighted by atomic mass is 10.0. The number of hydrogen-bond acceptors (Lipinski definition) is 4. The van der Waals surface area contributed by atoms with Crippen LogP contribution in [0, 0.1) is 0 Å². The van der Waals surface area contributed by atoms with Crippen molar-refractivity contribution in [2.45, 2.75) is 45.1 Å². The minimum Gasteiger partial charge on any atom is -0.476 e. The molecule has 0 aliphatic heterocycles. The lowest BCUT2D eigenvalue weighted by Gasteiger charge is -2.26. The third-order valence-corrected chi connectivity index (χ3v) is 3.31. The lowest BCUT2D eigenvalue weighted by molar-refractivity contribution is 0.329. The van der Waals surface area contributed by atoms with Gasteiger partial charge in [0.25, 0.3) is 0 Å². The summed E-state index contributed by atoms with van der Waals surface area (Å²) >= 11 is 0. The maximum absolute atomic E-state index is 5.80. The van der Waals surface area contributed by atoms with Crippen molar-refractivity contribution in [3.8, 4) is 5.88 Å². The molecule has 94 valence electrons. The number of nitrogens with two attached hydrogens (primary N) is 1. The molecule has 1 heterocycles. The fraction of sp³-hybridized carbons (Fsp3) is 0.615. The average molecular weight is 235 g/mol. The molecular weight excluding hydrogens is 214 g/mol. The van der Waals surface area contributed by atoms with E-state index < -0.39 is 0 Å². The first-order valence-electron chi connectivity index (χ1n) is 6.30. The van der Waals surface area contributed by atoms with Crippen LogP contribution in [0.3, 0.4) is 0 Å². The largest absolute Gasteiger partial charge is 0.476 e. The van der Waals surface area contributed by atoms with Crippen molar-refractivity contribution in [2.24, 2.45) is 0 Å². The molecule has 1 aliphatic carbocycles. The van der Waals surface area contributed by atoms with Gasteiger partial charge in [-0.2, -0.15) is 4.98 Å². The van der Waals surface area contributed by atoms with Gasteiger partial charge in [0.2, 0.25) is 5.88 Å². The van der Waals surface area contributed by atoms with Crippen LogP contribution in [0.25, 0.3) is 0 Å². The Hall–Kier alpha value is -1.45. The molecule has 4 heteroatoms. The second kappa shape index (κ2) is 4.82. The summed E-state index contributed by atoms with van der Waals surface area (Å²) in [7, 11) is 0. The molecular formula is C13H21N3O. The Morgan fingerprint density at radius 2 is 2.12 bits per heavy atom. The van der Waals surface area contributed by atoms with Crippen LogP contribution in [0.4, 0.5) is 11.5 Å². The molecule has 17 heavy (non-hydrogen) atoms. The Kier molecular flexibility index (Phi) is 3.41. The Morgan fingerprint density at radius 1 is 1.41 bits per heavy atom. The van der Waals surface area contributed by atoms with Gasteiger partial charge in [0, 0.05) is 5.54 Å². The van der Waals surface area contributed by atoms with Crippen molar-refractivity contribution in [1.29, 1.82) is 0 Å². The van der Waals surface area contributed by atoms with E-state index in [4.69, 9.17) is 10.5 Å². The van der Waals surface area contributed by atoms with E-state index in [9.17, 15) is 0 Å². The number of nitrogens with one attached hydrogen (secondary N) is 1. The highest BCUT2D eigenvalue weighted by Gasteiger charge is 2.28. The summed E-state index contributed by atoms with van der Waals surface area (Å²) in [5, 5.41) is 3.50. The van der Waals surface area contributed by atoms with Crippen LogP contribution in [0.1, 0.15) is 39.5 Å². The van der Waals surface area contributed by atoms with E-state index >= 15 is 0 Å². The van der Waals surface area contributed by atoms with Gasteiger partial charge in [0.05, 0.1) is 12.3 Å². The molecule has 0 amide bonds. The first-order chi connectivity index (χ1) is 8.13. The van der Waals surface area contributed by atoms with Gasteiger partial charge < -0.3 is 15.8 Å². The summed E-state index contributed by atoms with van der Waals surface area (Å²) in [6.45, 7) is 4.76. The predicted octanol–water partition coefficient (Wildman–Crippen LogP) is 2.81. The first kappa shape index (κ1) is 12.0. The first-order valence-corrected chi connectivity index (χ1v) is 6.30. The number of nitrogen functional groups attached to an aromatic ring is 1. The molecule has 0 bridgehead atoms. The molecule has 0 aromatic carbocycles. The molecule has 0 radical (unpaired) electrons. The van der Waals surface area contributed by atoms with Gasteiger partial charge in [-0.05, 0) is 38.8 Å². The second-order valence-corrected chi connectivity index (χ2v) is 4.92. The predicted molar refractivity (Wildman–Crippen MR) is 70.3 cm³/mol. The average Bonchev–Trinajstić information content (AvgIpc) is 2.70. The Bertz CT molecular complexity index is 386. The Morgan fingerprint density at radius 3 is 2.76 bits per heavy atom. The summed E-state index contributed by atoms with van der Waals surface area (Å²) in [4.78, 5) is 4.41. The molecule has 1 fully saturated rings. The van der Waals surface area contributed by atoms with Crippen LogP contribution in [0.5, 0.6) is 5.88 Å². The van der Waals surface area contributed by atoms with Crippen molar-refractivity contribution in [3.63, 3.8) is 0 Å². The Labute approximate surface area is 103 Å². The van der Waals surface area contributed by atoms with Crippen molar-refractivity contribution in [1.82, 2.24) is 4.98 Å². The van der Waals surface area contributed by atoms with E-state index in [0.29, 0.717) is 18.2 Å². The fourth-order valence-electron chi connectivity index (χ4n) is 2.36. The number of nitrogens with zero attached hydrogens (tertiary/aromatic N) is 1. The highest BCUT2D eigenvalue weighted by Crippen LogP contribution is 2.33. The number of rotatable bonds is 4. The van der Waals surface area contributed by atoms with Crippen LogP contribution in [-0.4, -0.2) is 17.1 Å². The third kappa shape index (κ3) is 2.81. The standard InChI is InChI=1S/C13H21N3O/c1-3-17-12-10(14)6-7-11(15-12)16-13(2)8-4-5-9-13/h6-7H,3-5,8-9,14H2,1-2H3,(H,15,16). The third-order valence-electron chi connectivity index (χ3n) is 3.31. The molecule has 0 atom stereocenters. The van der Waals surface area contributed by atoms with Gasteiger partial charge >= 0.3 is 0 Å². The molecule has 1 aliphatic rings. The quantitative estimate of drug-likeness (QED) is 0.842. The number of ether oxygens (including phenoxy) is 1. The highest BCUT2D eigenvalue weighted by molar-refractivity contribution is 5.54. The van der Waals surface area contributed by atoms with Crippen molar-refractivity contribution >= 4 is 11.5 Å².